The van der Waals surface area contributed by atoms with Crippen LogP contribution in [-0.4, -0.2) is 38.8 Å². The van der Waals surface area contributed by atoms with Crippen molar-refractivity contribution in [3.05, 3.63) is 81.9 Å². The summed E-state index contributed by atoms with van der Waals surface area (Å²) in [5, 5.41) is 3.50. The van der Waals surface area contributed by atoms with Gasteiger partial charge in [0.15, 0.2) is 0 Å². The minimum Gasteiger partial charge on any atom is -0.491 e. The van der Waals surface area contributed by atoms with E-state index in [2.05, 4.69) is 5.32 Å². The maximum Gasteiger partial charge on any atom is 0.247 e. The first kappa shape index (κ1) is 27.8. The number of amides is 1. The molecule has 0 aliphatic carbocycles. The molecule has 5 N–H and O–H groups in total. The van der Waals surface area contributed by atoms with Gasteiger partial charge in [0.1, 0.15) is 17.3 Å². The summed E-state index contributed by atoms with van der Waals surface area (Å²) in [5.74, 6) is -0.608. The standard InChI is InChI=1S/C28H33ClN4O4S/c1-17-20(10-12-22(32-4)26(17)30)25(28(2,3)27(31)34)18-9-11-21(29)19(15-18)16-33-13-14-37-23-7-5-6-8-24(23)38(33,35)36/h5-12,15,25,32H,13-14,16,30H2,1-4H3,(H2,31,34)/t25-/m0/s1. The number of nitrogen functional groups attached to an aromatic ring is 1. The molecule has 38 heavy (non-hydrogen) atoms. The lowest BCUT2D eigenvalue weighted by Crippen LogP contribution is -2.38. The Morgan fingerprint density at radius 2 is 1.89 bits per heavy atom. The topological polar surface area (TPSA) is 128 Å². The first-order valence-corrected chi connectivity index (χ1v) is 14.1. The van der Waals surface area contributed by atoms with Gasteiger partial charge in [0.25, 0.3) is 0 Å². The number of anilines is 2. The predicted octanol–water partition coefficient (Wildman–Crippen LogP) is 4.50. The third-order valence-corrected chi connectivity index (χ3v) is 9.56. The van der Waals surface area contributed by atoms with Crippen molar-refractivity contribution < 1.29 is 17.9 Å². The Labute approximate surface area is 229 Å². The summed E-state index contributed by atoms with van der Waals surface area (Å²) in [6.45, 7) is 5.91. The minimum absolute atomic E-state index is 0.0379. The van der Waals surface area contributed by atoms with Crippen molar-refractivity contribution in [2.75, 3.05) is 31.2 Å². The molecule has 3 aromatic carbocycles. The lowest BCUT2D eigenvalue weighted by atomic mass is 9.69. The zero-order chi connectivity index (χ0) is 27.8. The maximum atomic E-state index is 13.5. The van der Waals surface area contributed by atoms with Crippen molar-refractivity contribution in [1.82, 2.24) is 4.31 Å². The Hall–Kier alpha value is -3.27. The summed E-state index contributed by atoms with van der Waals surface area (Å²) in [5.41, 5.74) is 15.7. The van der Waals surface area contributed by atoms with Gasteiger partial charge in [0.2, 0.25) is 15.9 Å². The molecule has 202 valence electrons. The lowest BCUT2D eigenvalue weighted by Gasteiger charge is -2.34. The van der Waals surface area contributed by atoms with Crippen molar-refractivity contribution in [3.8, 4) is 5.75 Å². The fourth-order valence-electron chi connectivity index (χ4n) is 4.95. The van der Waals surface area contributed by atoms with Gasteiger partial charge in [-0.05, 0) is 53.4 Å². The number of carbonyl (C=O) groups is 1. The van der Waals surface area contributed by atoms with Crippen LogP contribution in [0.5, 0.6) is 5.75 Å². The van der Waals surface area contributed by atoms with Crippen LogP contribution in [0.3, 0.4) is 0 Å². The van der Waals surface area contributed by atoms with Crippen LogP contribution < -0.4 is 21.5 Å². The number of nitrogens with zero attached hydrogens (tertiary/aromatic N) is 1. The van der Waals surface area contributed by atoms with E-state index in [4.69, 9.17) is 27.8 Å². The number of para-hydroxylation sites is 1. The number of fused-ring (bicyclic) bond motifs is 1. The molecule has 1 aliphatic rings. The molecular formula is C28H33ClN4O4S. The molecule has 3 aromatic rings. The third-order valence-electron chi connectivity index (χ3n) is 7.31. The van der Waals surface area contributed by atoms with Crippen molar-refractivity contribution in [2.24, 2.45) is 11.1 Å². The highest BCUT2D eigenvalue weighted by Crippen LogP contribution is 2.45. The van der Waals surface area contributed by atoms with E-state index >= 15 is 0 Å². The second-order valence-corrected chi connectivity index (χ2v) is 12.3. The molecule has 0 radical (unpaired) electrons. The fourth-order valence-corrected chi connectivity index (χ4v) is 6.66. The summed E-state index contributed by atoms with van der Waals surface area (Å²) in [4.78, 5) is 12.8. The Morgan fingerprint density at radius 1 is 1.18 bits per heavy atom. The average molecular weight is 557 g/mol. The van der Waals surface area contributed by atoms with Crippen molar-refractivity contribution in [3.63, 3.8) is 0 Å². The highest BCUT2D eigenvalue weighted by atomic mass is 35.5. The summed E-state index contributed by atoms with van der Waals surface area (Å²) >= 11 is 6.60. The number of hydrogen-bond acceptors (Lipinski definition) is 6. The first-order valence-electron chi connectivity index (χ1n) is 12.3. The van der Waals surface area contributed by atoms with Crippen molar-refractivity contribution in [2.45, 2.75) is 38.1 Å². The number of sulfonamides is 1. The van der Waals surface area contributed by atoms with E-state index in [1.807, 2.05) is 31.2 Å². The van der Waals surface area contributed by atoms with Crippen LogP contribution in [0.15, 0.2) is 59.5 Å². The van der Waals surface area contributed by atoms with Gasteiger partial charge in [-0.2, -0.15) is 4.31 Å². The zero-order valence-corrected chi connectivity index (χ0v) is 23.5. The number of ether oxygens (including phenoxy) is 1. The molecule has 4 rings (SSSR count). The Bertz CT molecular complexity index is 1490. The predicted molar refractivity (Wildman–Crippen MR) is 151 cm³/mol. The molecule has 1 amide bonds. The Kier molecular flexibility index (Phi) is 7.65. The second kappa shape index (κ2) is 10.5. The van der Waals surface area contributed by atoms with Gasteiger partial charge in [-0.3, -0.25) is 4.79 Å². The SMILES string of the molecule is CNc1ccc([C@H](c2ccc(Cl)c(CN3CCOc4ccccc4S3(=O)=O)c2)C(C)(C)C(N)=O)c(C)c1N. The van der Waals surface area contributed by atoms with E-state index in [9.17, 15) is 13.2 Å². The number of primary amides is 1. The molecule has 8 nitrogen and oxygen atoms in total. The van der Waals surface area contributed by atoms with E-state index in [1.54, 1.807) is 45.2 Å². The van der Waals surface area contributed by atoms with Crippen LogP contribution in [0.25, 0.3) is 0 Å². The molecule has 0 unspecified atom stereocenters. The smallest absolute Gasteiger partial charge is 0.247 e. The van der Waals surface area contributed by atoms with Gasteiger partial charge in [0.05, 0.1) is 16.8 Å². The molecule has 0 spiro atoms. The number of halogens is 1. The number of nitrogens with one attached hydrogen (secondary N) is 1. The van der Waals surface area contributed by atoms with Gasteiger partial charge >= 0.3 is 0 Å². The first-order chi connectivity index (χ1) is 17.9. The highest BCUT2D eigenvalue weighted by Gasteiger charge is 2.39. The maximum absolute atomic E-state index is 13.5. The van der Waals surface area contributed by atoms with Crippen LogP contribution in [-0.2, 0) is 21.4 Å². The van der Waals surface area contributed by atoms with E-state index in [1.165, 1.54) is 10.4 Å². The number of hydrogen-bond donors (Lipinski definition) is 3. The van der Waals surface area contributed by atoms with E-state index in [0.29, 0.717) is 22.0 Å². The van der Waals surface area contributed by atoms with Gasteiger partial charge in [-0.15, -0.1) is 0 Å². The Morgan fingerprint density at radius 3 is 2.58 bits per heavy atom. The zero-order valence-electron chi connectivity index (χ0n) is 21.9. The monoisotopic (exact) mass is 556 g/mol. The van der Waals surface area contributed by atoms with Crippen LogP contribution in [0.4, 0.5) is 11.4 Å². The number of rotatable bonds is 7. The largest absolute Gasteiger partial charge is 0.491 e. The van der Waals surface area contributed by atoms with E-state index in [-0.39, 0.29) is 24.6 Å². The van der Waals surface area contributed by atoms with Gasteiger partial charge in [0, 0.05) is 31.1 Å². The molecule has 0 aromatic heterocycles. The molecular weight excluding hydrogens is 524 g/mol. The fraction of sp³-hybridized carbons (Fsp3) is 0.321. The molecule has 1 aliphatic heterocycles. The molecule has 0 bridgehead atoms. The van der Waals surface area contributed by atoms with Crippen LogP contribution >= 0.6 is 11.6 Å². The van der Waals surface area contributed by atoms with E-state index in [0.717, 1.165) is 22.4 Å². The van der Waals surface area contributed by atoms with Gasteiger partial charge < -0.3 is 21.5 Å². The van der Waals surface area contributed by atoms with Crippen LogP contribution in [0, 0.1) is 12.3 Å². The molecule has 1 heterocycles. The summed E-state index contributed by atoms with van der Waals surface area (Å²) in [6.07, 6.45) is 0. The van der Waals surface area contributed by atoms with Crippen molar-refractivity contribution in [1.29, 1.82) is 0 Å². The highest BCUT2D eigenvalue weighted by molar-refractivity contribution is 7.89. The molecule has 10 heteroatoms. The molecule has 0 saturated carbocycles. The van der Waals surface area contributed by atoms with E-state index < -0.39 is 27.3 Å². The number of carbonyl (C=O) groups excluding carboxylic acids is 1. The third kappa shape index (κ3) is 4.93. The summed E-state index contributed by atoms with van der Waals surface area (Å²) < 4.78 is 34.0. The Balaban J connectivity index is 1.81. The number of nitrogens with two attached hydrogens (primary N) is 2. The number of benzene rings is 3. The lowest BCUT2D eigenvalue weighted by molar-refractivity contribution is -0.126. The molecule has 0 fully saturated rings. The summed E-state index contributed by atoms with van der Waals surface area (Å²) in [6, 6.07) is 15.8. The van der Waals surface area contributed by atoms with Crippen molar-refractivity contribution >= 4 is 38.9 Å². The minimum atomic E-state index is -3.83. The quantitative estimate of drug-likeness (QED) is 0.368. The van der Waals surface area contributed by atoms with Gasteiger partial charge in [-0.25, -0.2) is 8.42 Å². The summed E-state index contributed by atoms with van der Waals surface area (Å²) in [7, 11) is -2.04. The van der Waals surface area contributed by atoms with Crippen LogP contribution in [0.2, 0.25) is 5.02 Å². The molecule has 0 saturated heterocycles. The van der Waals surface area contributed by atoms with Gasteiger partial charge in [-0.1, -0.05) is 55.8 Å². The average Bonchev–Trinajstić information content (AvgIpc) is 2.99. The van der Waals surface area contributed by atoms with Crippen LogP contribution in [0.1, 0.15) is 42.0 Å². The normalized spacial score (nSPS) is 16.1. The second-order valence-electron chi connectivity index (χ2n) is 9.99. The molecule has 1 atom stereocenters.